The predicted molar refractivity (Wildman–Crippen MR) is 84.0 cm³/mol. The highest BCUT2D eigenvalue weighted by Crippen LogP contribution is 2.20. The molecule has 2 aromatic heterocycles. The lowest BCUT2D eigenvalue weighted by molar-refractivity contribution is 0.747. The minimum absolute atomic E-state index is 0.794. The summed E-state index contributed by atoms with van der Waals surface area (Å²) in [6.07, 6.45) is 2.45. The molecule has 0 spiro atoms. The SMILES string of the molecule is CCNc1nc(CC)nc(-n2nc(CC)nc2CC)c1C. The van der Waals surface area contributed by atoms with E-state index in [-0.39, 0.29) is 0 Å². The van der Waals surface area contributed by atoms with E-state index in [1.807, 2.05) is 11.6 Å². The lowest BCUT2D eigenvalue weighted by atomic mass is 10.3. The molecule has 0 aliphatic rings. The van der Waals surface area contributed by atoms with Crippen molar-refractivity contribution in [2.45, 2.75) is 53.9 Å². The summed E-state index contributed by atoms with van der Waals surface area (Å²) in [4.78, 5) is 13.8. The van der Waals surface area contributed by atoms with Crippen LogP contribution in [0.3, 0.4) is 0 Å². The van der Waals surface area contributed by atoms with E-state index in [1.165, 1.54) is 0 Å². The molecule has 2 aromatic rings. The maximum Gasteiger partial charge on any atom is 0.164 e. The highest BCUT2D eigenvalue weighted by atomic mass is 15.4. The van der Waals surface area contributed by atoms with Gasteiger partial charge in [-0.1, -0.05) is 20.8 Å². The van der Waals surface area contributed by atoms with E-state index in [2.05, 4.69) is 53.1 Å². The number of anilines is 1. The fourth-order valence-electron chi connectivity index (χ4n) is 2.19. The Morgan fingerprint density at radius 1 is 0.905 bits per heavy atom. The third kappa shape index (κ3) is 3.04. The summed E-state index contributed by atoms with van der Waals surface area (Å²) in [5.41, 5.74) is 1.01. The molecule has 0 aliphatic heterocycles. The van der Waals surface area contributed by atoms with Gasteiger partial charge in [0.2, 0.25) is 0 Å². The van der Waals surface area contributed by atoms with Crippen LogP contribution in [0.1, 0.15) is 50.7 Å². The zero-order valence-electron chi connectivity index (χ0n) is 13.6. The van der Waals surface area contributed by atoms with Crippen molar-refractivity contribution < 1.29 is 0 Å². The summed E-state index contributed by atoms with van der Waals surface area (Å²) in [6.45, 7) is 11.1. The average molecular weight is 288 g/mol. The van der Waals surface area contributed by atoms with E-state index in [9.17, 15) is 0 Å². The number of aryl methyl sites for hydroxylation is 3. The molecule has 114 valence electrons. The molecule has 0 aliphatic carbocycles. The lowest BCUT2D eigenvalue weighted by Gasteiger charge is -2.13. The third-order valence-corrected chi connectivity index (χ3v) is 3.38. The molecule has 0 bridgehead atoms. The summed E-state index contributed by atoms with van der Waals surface area (Å²) in [5.74, 6) is 4.34. The molecule has 0 unspecified atom stereocenters. The largest absolute Gasteiger partial charge is 0.370 e. The van der Waals surface area contributed by atoms with Crippen molar-refractivity contribution in [1.82, 2.24) is 24.7 Å². The summed E-state index contributed by atoms with van der Waals surface area (Å²) in [5, 5.41) is 7.90. The molecule has 2 heterocycles. The number of hydrogen-bond donors (Lipinski definition) is 1. The molecule has 0 radical (unpaired) electrons. The summed E-state index contributed by atoms with van der Waals surface area (Å²) < 4.78 is 1.87. The zero-order chi connectivity index (χ0) is 15.4. The standard InChI is InChI=1S/C15H24N6/c1-6-11-18-14(16-9-4)10(5)15(19-11)21-13(8-3)17-12(7-2)20-21/h6-9H2,1-5H3,(H,16,18,19). The number of rotatable bonds is 6. The molecule has 0 amide bonds. The first kappa shape index (κ1) is 15.4. The number of nitrogens with one attached hydrogen (secondary N) is 1. The van der Waals surface area contributed by atoms with Crippen LogP contribution in [-0.4, -0.2) is 31.3 Å². The quantitative estimate of drug-likeness (QED) is 0.884. The zero-order valence-corrected chi connectivity index (χ0v) is 13.6. The van der Waals surface area contributed by atoms with Gasteiger partial charge >= 0.3 is 0 Å². The molecule has 6 heteroatoms. The van der Waals surface area contributed by atoms with Gasteiger partial charge in [0.1, 0.15) is 17.5 Å². The Balaban J connectivity index is 2.61. The Morgan fingerprint density at radius 2 is 1.62 bits per heavy atom. The summed E-state index contributed by atoms with van der Waals surface area (Å²) >= 11 is 0. The van der Waals surface area contributed by atoms with Crippen molar-refractivity contribution in [3.05, 3.63) is 23.0 Å². The second-order valence-electron chi connectivity index (χ2n) is 4.88. The fraction of sp³-hybridized carbons (Fsp3) is 0.600. The molecule has 0 aromatic carbocycles. The van der Waals surface area contributed by atoms with Gasteiger partial charge in [-0.05, 0) is 13.8 Å². The van der Waals surface area contributed by atoms with Crippen molar-refractivity contribution >= 4 is 5.82 Å². The Labute approximate surface area is 126 Å². The first-order valence-electron chi connectivity index (χ1n) is 7.71. The lowest BCUT2D eigenvalue weighted by Crippen LogP contribution is -2.13. The molecule has 1 N–H and O–H groups in total. The van der Waals surface area contributed by atoms with Crippen LogP contribution >= 0.6 is 0 Å². The van der Waals surface area contributed by atoms with Crippen molar-refractivity contribution in [2.75, 3.05) is 11.9 Å². The van der Waals surface area contributed by atoms with E-state index in [1.54, 1.807) is 0 Å². The minimum Gasteiger partial charge on any atom is -0.370 e. The molecule has 21 heavy (non-hydrogen) atoms. The van der Waals surface area contributed by atoms with Gasteiger partial charge in [0.25, 0.3) is 0 Å². The van der Waals surface area contributed by atoms with Crippen LogP contribution in [0.15, 0.2) is 0 Å². The van der Waals surface area contributed by atoms with Gasteiger partial charge in [0.05, 0.1) is 0 Å². The van der Waals surface area contributed by atoms with Crippen LogP contribution < -0.4 is 5.32 Å². The van der Waals surface area contributed by atoms with Gasteiger partial charge in [-0.2, -0.15) is 4.68 Å². The van der Waals surface area contributed by atoms with E-state index in [0.717, 1.165) is 60.5 Å². The minimum atomic E-state index is 0.794. The average Bonchev–Trinajstić information content (AvgIpc) is 2.92. The van der Waals surface area contributed by atoms with Crippen molar-refractivity contribution in [1.29, 1.82) is 0 Å². The van der Waals surface area contributed by atoms with Crippen LogP contribution in [0.5, 0.6) is 0 Å². The van der Waals surface area contributed by atoms with Crippen LogP contribution in [0.2, 0.25) is 0 Å². The Hall–Kier alpha value is -1.98. The first-order valence-corrected chi connectivity index (χ1v) is 7.71. The van der Waals surface area contributed by atoms with Crippen molar-refractivity contribution in [3.63, 3.8) is 0 Å². The molecule has 2 rings (SSSR count). The van der Waals surface area contributed by atoms with Crippen LogP contribution in [0, 0.1) is 6.92 Å². The van der Waals surface area contributed by atoms with Gasteiger partial charge in [-0.25, -0.2) is 15.0 Å². The highest BCUT2D eigenvalue weighted by Gasteiger charge is 2.16. The smallest absolute Gasteiger partial charge is 0.164 e. The molecule has 0 fully saturated rings. The highest BCUT2D eigenvalue weighted by molar-refractivity contribution is 5.51. The summed E-state index contributed by atoms with van der Waals surface area (Å²) in [6, 6.07) is 0. The van der Waals surface area contributed by atoms with E-state index in [4.69, 9.17) is 0 Å². The van der Waals surface area contributed by atoms with Gasteiger partial charge in [0, 0.05) is 31.4 Å². The van der Waals surface area contributed by atoms with Gasteiger partial charge in [-0.3, -0.25) is 0 Å². The van der Waals surface area contributed by atoms with Crippen LogP contribution in [0.25, 0.3) is 5.82 Å². The molecular formula is C15H24N6. The number of nitrogens with zero attached hydrogens (tertiary/aromatic N) is 5. The molecule has 0 saturated carbocycles. The van der Waals surface area contributed by atoms with E-state index in [0.29, 0.717) is 0 Å². The Morgan fingerprint density at radius 3 is 2.19 bits per heavy atom. The van der Waals surface area contributed by atoms with Gasteiger partial charge in [-0.15, -0.1) is 5.10 Å². The second-order valence-corrected chi connectivity index (χ2v) is 4.88. The number of aromatic nitrogens is 5. The van der Waals surface area contributed by atoms with Crippen molar-refractivity contribution in [2.24, 2.45) is 0 Å². The van der Waals surface area contributed by atoms with Crippen LogP contribution in [-0.2, 0) is 19.3 Å². The number of hydrogen-bond acceptors (Lipinski definition) is 5. The Kier molecular flexibility index (Phi) is 4.88. The van der Waals surface area contributed by atoms with Crippen molar-refractivity contribution in [3.8, 4) is 5.82 Å². The summed E-state index contributed by atoms with van der Waals surface area (Å²) in [7, 11) is 0. The fourth-order valence-corrected chi connectivity index (χ4v) is 2.19. The second kappa shape index (κ2) is 6.65. The predicted octanol–water partition coefficient (Wildman–Crippen LogP) is 2.48. The van der Waals surface area contributed by atoms with E-state index < -0.39 is 0 Å². The monoisotopic (exact) mass is 288 g/mol. The molecule has 6 nitrogen and oxygen atoms in total. The maximum absolute atomic E-state index is 4.67. The maximum atomic E-state index is 4.67. The topological polar surface area (TPSA) is 68.5 Å². The van der Waals surface area contributed by atoms with Gasteiger partial charge in [0.15, 0.2) is 11.6 Å². The normalized spacial score (nSPS) is 10.9. The molecular weight excluding hydrogens is 264 g/mol. The third-order valence-electron chi connectivity index (χ3n) is 3.38. The Bertz CT molecular complexity index is 617. The van der Waals surface area contributed by atoms with Gasteiger partial charge < -0.3 is 5.32 Å². The van der Waals surface area contributed by atoms with Crippen LogP contribution in [0.4, 0.5) is 5.82 Å². The van der Waals surface area contributed by atoms with E-state index >= 15 is 0 Å². The molecule has 0 atom stereocenters. The first-order chi connectivity index (χ1) is 10.1. The molecule has 0 saturated heterocycles.